The summed E-state index contributed by atoms with van der Waals surface area (Å²) in [5.74, 6) is -0.511. The summed E-state index contributed by atoms with van der Waals surface area (Å²) in [6, 6.07) is 6.16. The van der Waals surface area contributed by atoms with Gasteiger partial charge in [0.05, 0.1) is 34.8 Å². The first kappa shape index (κ1) is 25.7. The van der Waals surface area contributed by atoms with Crippen LogP contribution in [0.4, 0.5) is 5.13 Å². The second kappa shape index (κ2) is 12.0. The Morgan fingerprint density at radius 1 is 1.23 bits per heavy atom. The zero-order valence-corrected chi connectivity index (χ0v) is 21.1. The summed E-state index contributed by atoms with van der Waals surface area (Å²) in [6.07, 6.45) is 4.25. The molecular formula is C23H29N3O7S2. The van der Waals surface area contributed by atoms with Crippen molar-refractivity contribution in [2.75, 3.05) is 38.9 Å². The van der Waals surface area contributed by atoms with E-state index >= 15 is 0 Å². The summed E-state index contributed by atoms with van der Waals surface area (Å²) < 4.78 is 40.9. The number of sulfone groups is 1. The number of amides is 1. The molecule has 1 aliphatic carbocycles. The highest BCUT2D eigenvalue weighted by Gasteiger charge is 2.36. The van der Waals surface area contributed by atoms with Gasteiger partial charge in [-0.2, -0.15) is 0 Å². The number of nitrogens with zero attached hydrogens (tertiary/aromatic N) is 2. The fraction of sp³-hybridized carbons (Fsp3) is 0.522. The standard InChI is InChI=1S/C23H29N3O7S2/c1-30-10-2-11-31-15-18-13-24-23(34-18)25-22(27)21(26-33-17-9-12-32-14-17)16-3-5-19(6-4-16)35(28,29)20-7-8-20/h3-6,13,17,20H,2,7-12,14-15H2,1H3,(H,24,25,27)/b26-21+/t17-/m1/s1. The molecule has 12 heteroatoms. The Morgan fingerprint density at radius 2 is 2.03 bits per heavy atom. The summed E-state index contributed by atoms with van der Waals surface area (Å²) in [4.78, 5) is 24.0. The first-order valence-corrected chi connectivity index (χ1v) is 13.8. The Kier molecular flexibility index (Phi) is 8.84. The number of hydrogen-bond acceptors (Lipinski definition) is 10. The SMILES string of the molecule is COCCCOCc1cnc(NC(=O)/C(=N/O[C@@H]2CCOC2)c2ccc(S(=O)(=O)C3CC3)cc2)s1. The molecule has 1 N–H and O–H groups in total. The van der Waals surface area contributed by atoms with Crippen molar-refractivity contribution in [2.24, 2.45) is 5.16 Å². The van der Waals surface area contributed by atoms with Crippen molar-refractivity contribution in [3.05, 3.63) is 40.9 Å². The van der Waals surface area contributed by atoms with E-state index in [9.17, 15) is 13.2 Å². The van der Waals surface area contributed by atoms with E-state index in [0.29, 0.717) is 63.0 Å². The number of methoxy groups -OCH3 is 1. The maximum absolute atomic E-state index is 13.1. The lowest BCUT2D eigenvalue weighted by Crippen LogP contribution is -2.25. The van der Waals surface area contributed by atoms with Crippen LogP contribution in [0.2, 0.25) is 0 Å². The van der Waals surface area contributed by atoms with Gasteiger partial charge in [0.25, 0.3) is 5.91 Å². The van der Waals surface area contributed by atoms with E-state index in [2.05, 4.69) is 15.5 Å². The molecule has 1 aromatic heterocycles. The van der Waals surface area contributed by atoms with Gasteiger partial charge in [0.1, 0.15) is 0 Å². The lowest BCUT2D eigenvalue weighted by molar-refractivity contribution is -0.110. The molecule has 2 heterocycles. The third-order valence-electron chi connectivity index (χ3n) is 5.47. The van der Waals surface area contributed by atoms with E-state index in [1.807, 2.05) is 0 Å². The van der Waals surface area contributed by atoms with Crippen LogP contribution in [-0.4, -0.2) is 69.9 Å². The Balaban J connectivity index is 1.44. The molecule has 2 aliphatic rings. The van der Waals surface area contributed by atoms with Crippen LogP contribution in [-0.2, 0) is 40.3 Å². The second-order valence-corrected chi connectivity index (χ2v) is 11.6. The quantitative estimate of drug-likeness (QED) is 0.241. The third kappa shape index (κ3) is 7.07. The predicted molar refractivity (Wildman–Crippen MR) is 130 cm³/mol. The molecule has 1 amide bonds. The number of hydrogen-bond donors (Lipinski definition) is 1. The summed E-state index contributed by atoms with van der Waals surface area (Å²) in [7, 11) is -1.68. The molecule has 1 aromatic carbocycles. The Labute approximate surface area is 208 Å². The molecule has 0 spiro atoms. The van der Waals surface area contributed by atoms with Crippen LogP contribution in [0.25, 0.3) is 0 Å². The Bertz CT molecular complexity index is 1120. The van der Waals surface area contributed by atoms with Gasteiger partial charge < -0.3 is 19.0 Å². The van der Waals surface area contributed by atoms with E-state index in [-0.39, 0.29) is 22.0 Å². The average molecular weight is 524 g/mol. The van der Waals surface area contributed by atoms with E-state index in [1.54, 1.807) is 25.4 Å². The van der Waals surface area contributed by atoms with Gasteiger partial charge in [-0.25, -0.2) is 13.4 Å². The second-order valence-electron chi connectivity index (χ2n) is 8.28. The number of benzene rings is 1. The minimum absolute atomic E-state index is 0.0276. The predicted octanol–water partition coefficient (Wildman–Crippen LogP) is 2.78. The molecule has 10 nitrogen and oxygen atoms in total. The van der Waals surface area contributed by atoms with Crippen molar-refractivity contribution in [3.63, 3.8) is 0 Å². The van der Waals surface area contributed by atoms with Gasteiger partial charge in [-0.3, -0.25) is 10.1 Å². The lowest BCUT2D eigenvalue weighted by Gasteiger charge is -2.10. The van der Waals surface area contributed by atoms with Gasteiger partial charge in [-0.05, 0) is 31.4 Å². The van der Waals surface area contributed by atoms with Crippen LogP contribution in [0.3, 0.4) is 0 Å². The zero-order valence-electron chi connectivity index (χ0n) is 19.5. The molecule has 35 heavy (non-hydrogen) atoms. The van der Waals surface area contributed by atoms with Crippen molar-refractivity contribution < 1.29 is 32.3 Å². The minimum Gasteiger partial charge on any atom is -0.389 e. The Hall–Kier alpha value is -2.38. The average Bonchev–Trinajstić information content (AvgIpc) is 3.43. The number of thiazole rings is 1. The molecular weight excluding hydrogens is 494 g/mol. The van der Waals surface area contributed by atoms with E-state index in [0.717, 1.165) is 11.3 Å². The fourth-order valence-corrected chi connectivity index (χ4v) is 5.79. The number of rotatable bonds is 13. The molecule has 1 saturated heterocycles. The van der Waals surface area contributed by atoms with Crippen LogP contribution in [0.15, 0.2) is 40.5 Å². The molecule has 0 bridgehead atoms. The number of anilines is 1. The van der Waals surface area contributed by atoms with Crippen LogP contribution in [0, 0.1) is 0 Å². The highest BCUT2D eigenvalue weighted by atomic mass is 32.2. The maximum Gasteiger partial charge on any atom is 0.280 e. The number of ether oxygens (including phenoxy) is 3. The highest BCUT2D eigenvalue weighted by Crippen LogP contribution is 2.33. The molecule has 2 fully saturated rings. The molecule has 4 rings (SSSR count). The third-order valence-corrected chi connectivity index (χ3v) is 8.64. The maximum atomic E-state index is 13.1. The summed E-state index contributed by atoms with van der Waals surface area (Å²) in [5.41, 5.74) is 0.467. The summed E-state index contributed by atoms with van der Waals surface area (Å²) >= 11 is 1.30. The number of nitrogens with one attached hydrogen (secondary N) is 1. The molecule has 0 radical (unpaired) electrons. The van der Waals surface area contributed by atoms with Gasteiger partial charge >= 0.3 is 0 Å². The van der Waals surface area contributed by atoms with E-state index in [1.165, 1.54) is 23.5 Å². The monoisotopic (exact) mass is 523 g/mol. The lowest BCUT2D eigenvalue weighted by atomic mass is 10.1. The van der Waals surface area contributed by atoms with Crippen molar-refractivity contribution in [3.8, 4) is 0 Å². The normalized spacial score (nSPS) is 18.5. The number of carbonyl (C=O) groups is 1. The molecule has 2 aromatic rings. The number of oxime groups is 1. The van der Waals surface area contributed by atoms with Crippen molar-refractivity contribution in [1.29, 1.82) is 0 Å². The smallest absolute Gasteiger partial charge is 0.280 e. The topological polar surface area (TPSA) is 125 Å². The van der Waals surface area contributed by atoms with Crippen LogP contribution < -0.4 is 5.32 Å². The van der Waals surface area contributed by atoms with E-state index in [4.69, 9.17) is 19.0 Å². The highest BCUT2D eigenvalue weighted by molar-refractivity contribution is 7.92. The molecule has 0 unspecified atom stereocenters. The molecule has 1 saturated carbocycles. The first-order chi connectivity index (χ1) is 17.0. The van der Waals surface area contributed by atoms with Crippen molar-refractivity contribution >= 4 is 37.9 Å². The Morgan fingerprint density at radius 3 is 2.71 bits per heavy atom. The zero-order chi connectivity index (χ0) is 24.7. The van der Waals surface area contributed by atoms with Crippen LogP contribution in [0.5, 0.6) is 0 Å². The van der Waals surface area contributed by atoms with Gasteiger partial charge in [-0.1, -0.05) is 28.6 Å². The number of carbonyl (C=O) groups excluding carboxylic acids is 1. The molecule has 190 valence electrons. The first-order valence-electron chi connectivity index (χ1n) is 11.5. The molecule has 1 atom stereocenters. The van der Waals surface area contributed by atoms with Crippen LogP contribution in [0.1, 0.15) is 36.1 Å². The number of aromatic nitrogens is 1. The summed E-state index contributed by atoms with van der Waals surface area (Å²) in [5, 5.41) is 6.96. The van der Waals surface area contributed by atoms with Gasteiger partial charge in [0.2, 0.25) is 0 Å². The molecule has 1 aliphatic heterocycles. The van der Waals surface area contributed by atoms with Crippen molar-refractivity contribution in [1.82, 2.24) is 4.98 Å². The van der Waals surface area contributed by atoms with Crippen LogP contribution >= 0.6 is 11.3 Å². The van der Waals surface area contributed by atoms with Gasteiger partial charge in [0.15, 0.2) is 26.8 Å². The van der Waals surface area contributed by atoms with Crippen molar-refractivity contribution in [2.45, 2.75) is 48.5 Å². The summed E-state index contributed by atoms with van der Waals surface area (Å²) in [6.45, 7) is 2.57. The van der Waals surface area contributed by atoms with E-state index < -0.39 is 15.7 Å². The largest absolute Gasteiger partial charge is 0.389 e. The minimum atomic E-state index is -3.33. The fourth-order valence-electron chi connectivity index (χ4n) is 3.39. The van der Waals surface area contributed by atoms with Gasteiger partial charge in [-0.15, -0.1) is 0 Å². The van der Waals surface area contributed by atoms with Gasteiger partial charge in [0, 0.05) is 38.5 Å².